The van der Waals surface area contributed by atoms with Gasteiger partial charge in [0.15, 0.2) is 18.2 Å². The van der Waals surface area contributed by atoms with E-state index in [-0.39, 0.29) is 0 Å². The summed E-state index contributed by atoms with van der Waals surface area (Å²) in [5, 5.41) is 0. The molecule has 5 rings (SSSR count). The third kappa shape index (κ3) is 2.50. The standard InChI is InChI=1S/C20H24N2O4/c23-19-14-10-17-18(26-9-8-25-17)11-16(14)22(20(19)24)12-21-7-3-5-13-4-1-2-6-15(13)21/h10-11,13,15H,1-9,12H2/p+1/t13-,15+/m1/s1. The van der Waals surface area contributed by atoms with E-state index < -0.39 is 11.7 Å². The zero-order chi connectivity index (χ0) is 17.7. The fraction of sp³-hybridized carbons (Fsp3) is 0.600. The Balaban J connectivity index is 1.45. The maximum absolute atomic E-state index is 12.7. The number of hydrogen-bond donors (Lipinski definition) is 1. The Morgan fingerprint density at radius 2 is 1.73 bits per heavy atom. The van der Waals surface area contributed by atoms with E-state index >= 15 is 0 Å². The summed E-state index contributed by atoms with van der Waals surface area (Å²) in [4.78, 5) is 28.4. The molecule has 1 aliphatic carbocycles. The van der Waals surface area contributed by atoms with Gasteiger partial charge in [0.05, 0.1) is 23.8 Å². The van der Waals surface area contributed by atoms with Gasteiger partial charge < -0.3 is 14.4 Å². The van der Waals surface area contributed by atoms with Crippen molar-refractivity contribution in [2.75, 3.05) is 31.3 Å². The van der Waals surface area contributed by atoms with Crippen LogP contribution in [0.2, 0.25) is 0 Å². The first-order chi connectivity index (χ1) is 12.7. The topological polar surface area (TPSA) is 60.3 Å². The zero-order valence-electron chi connectivity index (χ0n) is 15.0. The van der Waals surface area contributed by atoms with Crippen molar-refractivity contribution < 1.29 is 24.0 Å². The molecule has 1 saturated heterocycles. The molecule has 0 bridgehead atoms. The molecule has 138 valence electrons. The fourth-order valence-corrected chi connectivity index (χ4v) is 5.25. The van der Waals surface area contributed by atoms with Crippen LogP contribution >= 0.6 is 0 Å². The smallest absolute Gasteiger partial charge is 0.303 e. The number of anilines is 1. The molecular formula is C20H25N2O4+. The second-order valence-electron chi connectivity index (χ2n) is 7.93. The van der Waals surface area contributed by atoms with Crippen molar-refractivity contribution in [1.29, 1.82) is 0 Å². The Labute approximate surface area is 153 Å². The number of nitrogens with one attached hydrogen (secondary N) is 1. The molecule has 0 radical (unpaired) electrons. The molecule has 1 unspecified atom stereocenters. The highest BCUT2D eigenvalue weighted by molar-refractivity contribution is 6.52. The van der Waals surface area contributed by atoms with Gasteiger partial charge in [0, 0.05) is 12.0 Å². The fourth-order valence-electron chi connectivity index (χ4n) is 5.25. The molecule has 1 aromatic carbocycles. The molecule has 1 saturated carbocycles. The first-order valence-corrected chi connectivity index (χ1v) is 9.87. The van der Waals surface area contributed by atoms with E-state index in [2.05, 4.69) is 0 Å². The molecule has 6 heteroatoms. The van der Waals surface area contributed by atoms with Crippen LogP contribution in [0.1, 0.15) is 48.9 Å². The molecule has 6 nitrogen and oxygen atoms in total. The summed E-state index contributed by atoms with van der Waals surface area (Å²) in [6, 6.07) is 4.12. The monoisotopic (exact) mass is 357 g/mol. The van der Waals surface area contributed by atoms with Crippen LogP contribution in [0, 0.1) is 5.92 Å². The number of nitrogens with zero attached hydrogens (tertiary/aromatic N) is 1. The summed E-state index contributed by atoms with van der Waals surface area (Å²) >= 11 is 0. The highest BCUT2D eigenvalue weighted by atomic mass is 16.6. The van der Waals surface area contributed by atoms with Gasteiger partial charge in [0.1, 0.15) is 13.2 Å². The number of benzene rings is 1. The molecule has 26 heavy (non-hydrogen) atoms. The largest absolute Gasteiger partial charge is 0.486 e. The quantitative estimate of drug-likeness (QED) is 0.808. The van der Waals surface area contributed by atoms with Crippen molar-refractivity contribution in [3.63, 3.8) is 0 Å². The summed E-state index contributed by atoms with van der Waals surface area (Å²) in [5.41, 5.74) is 1.14. The highest BCUT2D eigenvalue weighted by Crippen LogP contribution is 2.40. The number of amides is 1. The molecular weight excluding hydrogens is 332 g/mol. The number of fused-ring (bicyclic) bond motifs is 3. The van der Waals surface area contributed by atoms with E-state index in [0.29, 0.717) is 48.7 Å². The van der Waals surface area contributed by atoms with Gasteiger partial charge in [0.25, 0.3) is 5.78 Å². The summed E-state index contributed by atoms with van der Waals surface area (Å²) in [6.07, 6.45) is 7.70. The average Bonchev–Trinajstić information content (AvgIpc) is 2.91. The second-order valence-corrected chi connectivity index (χ2v) is 7.93. The molecule has 1 aromatic rings. The van der Waals surface area contributed by atoms with Crippen LogP contribution < -0.4 is 19.3 Å². The second kappa shape index (κ2) is 6.27. The lowest BCUT2D eigenvalue weighted by molar-refractivity contribution is -0.935. The van der Waals surface area contributed by atoms with Crippen molar-refractivity contribution >= 4 is 17.4 Å². The molecule has 0 aromatic heterocycles. The Bertz CT molecular complexity index is 760. The van der Waals surface area contributed by atoms with Gasteiger partial charge in [0.2, 0.25) is 0 Å². The maximum atomic E-state index is 12.7. The van der Waals surface area contributed by atoms with Crippen LogP contribution in [0.4, 0.5) is 5.69 Å². The number of carbonyl (C=O) groups is 2. The van der Waals surface area contributed by atoms with Crippen molar-refractivity contribution in [3.05, 3.63) is 17.7 Å². The first kappa shape index (κ1) is 16.1. The van der Waals surface area contributed by atoms with Crippen molar-refractivity contribution in [2.24, 2.45) is 5.92 Å². The minimum Gasteiger partial charge on any atom is -0.486 e. The van der Waals surface area contributed by atoms with Gasteiger partial charge >= 0.3 is 5.91 Å². The molecule has 1 N–H and O–H groups in total. The number of likely N-dealkylation sites (tertiary alicyclic amines) is 1. The minimum absolute atomic E-state index is 0.409. The number of piperidine rings is 1. The average molecular weight is 357 g/mol. The summed E-state index contributed by atoms with van der Waals surface area (Å²) in [7, 11) is 0. The molecule has 3 heterocycles. The molecule has 3 atom stereocenters. The van der Waals surface area contributed by atoms with Crippen LogP contribution in [-0.4, -0.2) is 44.2 Å². The van der Waals surface area contributed by atoms with Crippen LogP contribution in [0.15, 0.2) is 12.1 Å². The van der Waals surface area contributed by atoms with Gasteiger partial charge in [-0.25, -0.2) is 0 Å². The predicted molar refractivity (Wildman–Crippen MR) is 94.9 cm³/mol. The first-order valence-electron chi connectivity index (χ1n) is 9.87. The maximum Gasteiger partial charge on any atom is 0.303 e. The van der Waals surface area contributed by atoms with E-state index in [1.54, 1.807) is 11.0 Å². The van der Waals surface area contributed by atoms with Gasteiger partial charge in [-0.05, 0) is 38.2 Å². The van der Waals surface area contributed by atoms with Crippen LogP contribution in [0.25, 0.3) is 0 Å². The number of Topliss-reactive ketones (excluding diaryl/α,β-unsaturated/α-hetero) is 1. The summed E-state index contributed by atoms with van der Waals surface area (Å²) in [5.74, 6) is 1.14. The lowest BCUT2D eigenvalue weighted by Gasteiger charge is -2.42. The summed E-state index contributed by atoms with van der Waals surface area (Å²) in [6.45, 7) is 2.63. The number of rotatable bonds is 2. The SMILES string of the molecule is O=C1C(=O)N(C[NH+]2CCC[C@H]3CCCC[C@@H]32)c2cc3c(cc21)OCCO3. The van der Waals surface area contributed by atoms with Gasteiger partial charge in [-0.2, -0.15) is 0 Å². The Morgan fingerprint density at radius 1 is 1.00 bits per heavy atom. The third-order valence-corrected chi connectivity index (χ3v) is 6.50. The van der Waals surface area contributed by atoms with Crippen LogP contribution in [0.3, 0.4) is 0 Å². The zero-order valence-corrected chi connectivity index (χ0v) is 15.0. The van der Waals surface area contributed by atoms with E-state index in [9.17, 15) is 9.59 Å². The van der Waals surface area contributed by atoms with Crippen molar-refractivity contribution in [2.45, 2.75) is 44.6 Å². The normalized spacial score (nSPS) is 30.2. The van der Waals surface area contributed by atoms with E-state index in [1.165, 1.54) is 43.4 Å². The molecule has 2 fully saturated rings. The molecule has 4 aliphatic rings. The lowest BCUT2D eigenvalue weighted by Crippen LogP contribution is -3.19. The van der Waals surface area contributed by atoms with E-state index in [1.807, 2.05) is 6.07 Å². The van der Waals surface area contributed by atoms with Gasteiger partial charge in [-0.1, -0.05) is 6.42 Å². The number of quaternary nitrogens is 1. The summed E-state index contributed by atoms with van der Waals surface area (Å²) < 4.78 is 11.2. The van der Waals surface area contributed by atoms with Gasteiger partial charge in [-0.3, -0.25) is 14.5 Å². The van der Waals surface area contributed by atoms with Gasteiger partial charge in [-0.15, -0.1) is 0 Å². The molecule has 1 amide bonds. The molecule has 0 spiro atoms. The highest BCUT2D eigenvalue weighted by Gasteiger charge is 2.43. The van der Waals surface area contributed by atoms with Crippen molar-refractivity contribution in [3.8, 4) is 11.5 Å². The van der Waals surface area contributed by atoms with Crippen LogP contribution in [0.5, 0.6) is 11.5 Å². The van der Waals surface area contributed by atoms with Crippen LogP contribution in [-0.2, 0) is 4.79 Å². The molecule has 3 aliphatic heterocycles. The Hall–Kier alpha value is -2.08. The Kier molecular flexibility index (Phi) is 3.89. The van der Waals surface area contributed by atoms with E-state index in [4.69, 9.17) is 9.47 Å². The van der Waals surface area contributed by atoms with Crippen molar-refractivity contribution in [1.82, 2.24) is 0 Å². The Morgan fingerprint density at radius 3 is 2.58 bits per heavy atom. The third-order valence-electron chi connectivity index (χ3n) is 6.50. The number of ether oxygens (including phenoxy) is 2. The lowest BCUT2D eigenvalue weighted by atomic mass is 9.78. The number of hydrogen-bond acceptors (Lipinski definition) is 4. The number of carbonyl (C=O) groups excluding carboxylic acids is 2. The predicted octanol–water partition coefficient (Wildman–Crippen LogP) is 1.18. The van der Waals surface area contributed by atoms with E-state index in [0.717, 1.165) is 12.5 Å². The minimum atomic E-state index is -0.423. The number of ketones is 1.